The highest BCUT2D eigenvalue weighted by Gasteiger charge is 2.26. The number of thiophene rings is 1. The summed E-state index contributed by atoms with van der Waals surface area (Å²) in [5.41, 5.74) is 1.53. The van der Waals surface area contributed by atoms with Gasteiger partial charge in [-0.2, -0.15) is 0 Å². The highest BCUT2D eigenvalue weighted by Crippen LogP contribution is 2.33. The molecular formula is C25H26N2O4S. The second-order valence-electron chi connectivity index (χ2n) is 7.91. The van der Waals surface area contributed by atoms with E-state index in [9.17, 15) is 9.59 Å². The summed E-state index contributed by atoms with van der Waals surface area (Å²) in [7, 11) is 0. The second-order valence-corrected chi connectivity index (χ2v) is 8.94. The van der Waals surface area contributed by atoms with Gasteiger partial charge in [0.05, 0.1) is 6.54 Å². The van der Waals surface area contributed by atoms with Gasteiger partial charge in [-0.25, -0.2) is 0 Å². The van der Waals surface area contributed by atoms with Crippen LogP contribution in [0.3, 0.4) is 0 Å². The minimum Gasteiger partial charge on any atom is -0.454 e. The predicted octanol–water partition coefficient (Wildman–Crippen LogP) is 4.56. The minimum atomic E-state index is -0.206. The fraction of sp³-hybridized carbons (Fsp3) is 0.280. The molecule has 0 atom stereocenters. The molecule has 166 valence electrons. The van der Waals surface area contributed by atoms with Crippen LogP contribution in [0.1, 0.15) is 34.6 Å². The van der Waals surface area contributed by atoms with Crippen molar-refractivity contribution in [2.45, 2.75) is 33.0 Å². The van der Waals surface area contributed by atoms with Crippen molar-refractivity contribution in [3.8, 4) is 11.5 Å². The third-order valence-electron chi connectivity index (χ3n) is 5.31. The first-order chi connectivity index (χ1) is 15.5. The smallest absolute Gasteiger partial charge is 0.254 e. The van der Waals surface area contributed by atoms with Gasteiger partial charge in [0.25, 0.3) is 5.91 Å². The molecule has 1 aliphatic rings. The second kappa shape index (κ2) is 9.87. The van der Waals surface area contributed by atoms with E-state index in [4.69, 9.17) is 9.47 Å². The van der Waals surface area contributed by atoms with E-state index < -0.39 is 0 Å². The molecule has 1 aromatic heterocycles. The number of nitrogens with zero attached hydrogens (tertiary/aromatic N) is 2. The molecule has 4 rings (SSSR count). The summed E-state index contributed by atoms with van der Waals surface area (Å²) in [6.07, 6.45) is 0. The Bertz CT molecular complexity index is 1070. The lowest BCUT2D eigenvalue weighted by Crippen LogP contribution is -2.45. The molecule has 7 heteroatoms. The van der Waals surface area contributed by atoms with Gasteiger partial charge in [-0.15, -0.1) is 11.3 Å². The van der Waals surface area contributed by atoms with E-state index in [2.05, 4.69) is 0 Å². The van der Waals surface area contributed by atoms with Gasteiger partial charge in [0.15, 0.2) is 11.5 Å². The first kappa shape index (κ1) is 21.9. The monoisotopic (exact) mass is 450 g/mol. The van der Waals surface area contributed by atoms with Gasteiger partial charge in [-0.3, -0.25) is 9.59 Å². The summed E-state index contributed by atoms with van der Waals surface area (Å²) < 4.78 is 10.7. The fourth-order valence-electron chi connectivity index (χ4n) is 3.56. The lowest BCUT2D eigenvalue weighted by atomic mass is 10.1. The number of fused-ring (bicyclic) bond motifs is 1. The molecule has 2 heterocycles. The number of carbonyl (C=O) groups is 2. The van der Waals surface area contributed by atoms with Crippen molar-refractivity contribution in [2.24, 2.45) is 0 Å². The van der Waals surface area contributed by atoms with Crippen molar-refractivity contribution in [1.82, 2.24) is 9.80 Å². The highest BCUT2D eigenvalue weighted by molar-refractivity contribution is 7.09. The van der Waals surface area contributed by atoms with Crippen molar-refractivity contribution in [3.63, 3.8) is 0 Å². The average molecular weight is 451 g/mol. The van der Waals surface area contributed by atoms with Crippen LogP contribution in [0.4, 0.5) is 0 Å². The Kier molecular flexibility index (Phi) is 6.75. The fourth-order valence-corrected chi connectivity index (χ4v) is 4.28. The zero-order chi connectivity index (χ0) is 22.5. The molecule has 0 unspecified atom stereocenters. The van der Waals surface area contributed by atoms with Crippen molar-refractivity contribution in [3.05, 3.63) is 82.0 Å². The number of rotatable bonds is 8. The Morgan fingerprint density at radius 2 is 1.75 bits per heavy atom. The van der Waals surface area contributed by atoms with Crippen LogP contribution in [-0.2, 0) is 17.9 Å². The molecule has 3 aromatic rings. The van der Waals surface area contributed by atoms with Gasteiger partial charge in [0, 0.05) is 23.0 Å². The van der Waals surface area contributed by atoms with E-state index in [0.717, 1.165) is 10.4 Å². The zero-order valence-corrected chi connectivity index (χ0v) is 19.0. The van der Waals surface area contributed by atoms with Crippen LogP contribution in [0, 0.1) is 0 Å². The van der Waals surface area contributed by atoms with Crippen molar-refractivity contribution < 1.29 is 19.1 Å². The van der Waals surface area contributed by atoms with Crippen LogP contribution in [0.15, 0.2) is 66.0 Å². The van der Waals surface area contributed by atoms with Crippen LogP contribution in [0.25, 0.3) is 0 Å². The number of carbonyl (C=O) groups excluding carboxylic acids is 2. The highest BCUT2D eigenvalue weighted by atomic mass is 32.1. The Labute approximate surface area is 192 Å². The Morgan fingerprint density at radius 3 is 2.47 bits per heavy atom. The Morgan fingerprint density at radius 1 is 0.969 bits per heavy atom. The maximum absolute atomic E-state index is 13.4. The van der Waals surface area contributed by atoms with Gasteiger partial charge in [-0.1, -0.05) is 36.4 Å². The minimum absolute atomic E-state index is 0.00313. The summed E-state index contributed by atoms with van der Waals surface area (Å²) in [4.78, 5) is 31.2. The topological polar surface area (TPSA) is 59.1 Å². The van der Waals surface area contributed by atoms with Gasteiger partial charge in [0.1, 0.15) is 6.54 Å². The molecule has 0 spiro atoms. The van der Waals surface area contributed by atoms with Crippen LogP contribution in [0.5, 0.6) is 11.5 Å². The largest absolute Gasteiger partial charge is 0.454 e. The Balaban J connectivity index is 1.52. The average Bonchev–Trinajstić information content (AvgIpc) is 3.48. The molecule has 0 bridgehead atoms. The lowest BCUT2D eigenvalue weighted by Gasteiger charge is -2.30. The molecule has 0 N–H and O–H groups in total. The van der Waals surface area contributed by atoms with E-state index in [0.29, 0.717) is 30.2 Å². The number of amides is 2. The number of hydrogen-bond acceptors (Lipinski definition) is 5. The first-order valence-corrected chi connectivity index (χ1v) is 11.4. The normalized spacial score (nSPS) is 12.1. The third kappa shape index (κ3) is 5.11. The van der Waals surface area contributed by atoms with Crippen molar-refractivity contribution in [2.75, 3.05) is 13.3 Å². The van der Waals surface area contributed by atoms with E-state index in [1.165, 1.54) is 0 Å². The summed E-state index contributed by atoms with van der Waals surface area (Å²) in [6, 6.07) is 18.9. The van der Waals surface area contributed by atoms with E-state index in [-0.39, 0.29) is 31.2 Å². The lowest BCUT2D eigenvalue weighted by molar-refractivity contribution is -0.133. The number of benzene rings is 2. The Hall–Kier alpha value is -3.32. The molecule has 0 radical (unpaired) electrons. The number of hydrogen-bond donors (Lipinski definition) is 0. The zero-order valence-electron chi connectivity index (χ0n) is 18.2. The van der Waals surface area contributed by atoms with Crippen LogP contribution >= 0.6 is 11.3 Å². The van der Waals surface area contributed by atoms with Gasteiger partial charge >= 0.3 is 0 Å². The van der Waals surface area contributed by atoms with Crippen molar-refractivity contribution >= 4 is 23.2 Å². The maximum atomic E-state index is 13.4. The molecule has 0 saturated heterocycles. The maximum Gasteiger partial charge on any atom is 0.254 e. The molecule has 0 aliphatic carbocycles. The molecule has 6 nitrogen and oxygen atoms in total. The third-order valence-corrected chi connectivity index (χ3v) is 6.17. The number of ether oxygens (including phenoxy) is 2. The van der Waals surface area contributed by atoms with Gasteiger partial charge < -0.3 is 19.3 Å². The SMILES string of the molecule is CC(C)N(CC(=O)N(Cc1ccccc1)Cc1cccs1)C(=O)c1ccc2c(c1)OCO2. The molecule has 32 heavy (non-hydrogen) atoms. The van der Waals surface area contributed by atoms with Crippen LogP contribution in [-0.4, -0.2) is 41.0 Å². The molecule has 1 aliphatic heterocycles. The van der Waals surface area contributed by atoms with Gasteiger partial charge in [0.2, 0.25) is 12.7 Å². The molecule has 0 saturated carbocycles. The van der Waals surface area contributed by atoms with Crippen LogP contribution in [0.2, 0.25) is 0 Å². The van der Waals surface area contributed by atoms with E-state index >= 15 is 0 Å². The standard InChI is InChI=1S/C25H26N2O4S/c1-18(2)27(25(29)20-10-11-22-23(13-20)31-17-30-22)16-24(28)26(15-21-9-6-12-32-21)14-19-7-4-3-5-8-19/h3-13,18H,14-17H2,1-2H3. The van der Waals surface area contributed by atoms with Crippen LogP contribution < -0.4 is 9.47 Å². The first-order valence-electron chi connectivity index (χ1n) is 10.6. The summed E-state index contributed by atoms with van der Waals surface area (Å²) in [5, 5.41) is 2.00. The summed E-state index contributed by atoms with van der Waals surface area (Å²) >= 11 is 1.62. The predicted molar refractivity (Wildman–Crippen MR) is 124 cm³/mol. The molecule has 0 fully saturated rings. The molecular weight excluding hydrogens is 424 g/mol. The van der Waals surface area contributed by atoms with Crippen molar-refractivity contribution in [1.29, 1.82) is 0 Å². The van der Waals surface area contributed by atoms with E-state index in [1.54, 1.807) is 34.4 Å². The molecule has 2 aromatic carbocycles. The summed E-state index contributed by atoms with van der Waals surface area (Å²) in [5.74, 6) is 0.875. The summed E-state index contributed by atoms with van der Waals surface area (Å²) in [6.45, 7) is 4.98. The molecule has 2 amide bonds. The van der Waals surface area contributed by atoms with E-state index in [1.807, 2.05) is 66.6 Å². The quantitative estimate of drug-likeness (QED) is 0.505. The van der Waals surface area contributed by atoms with Gasteiger partial charge in [-0.05, 0) is 49.1 Å².